The van der Waals surface area contributed by atoms with Crippen LogP contribution in [-0.2, 0) is 0 Å². The fourth-order valence-corrected chi connectivity index (χ4v) is 3.81. The van der Waals surface area contributed by atoms with Crippen molar-refractivity contribution in [3.05, 3.63) is 28.3 Å². The van der Waals surface area contributed by atoms with Crippen LogP contribution in [0.4, 0.5) is 11.4 Å². The number of hydrogen-bond acceptors (Lipinski definition) is 5. The smallest absolute Gasteiger partial charge is 0.275 e. The van der Waals surface area contributed by atoms with Gasteiger partial charge in [-0.2, -0.15) is 0 Å². The Hall–Kier alpha value is -1.82. The number of ether oxygens (including phenoxy) is 1. The van der Waals surface area contributed by atoms with E-state index in [0.717, 1.165) is 25.3 Å². The van der Waals surface area contributed by atoms with Crippen molar-refractivity contribution >= 4 is 11.4 Å². The molecule has 2 unspecified atom stereocenters. The Bertz CT molecular complexity index is 573. The fourth-order valence-electron chi connectivity index (χ4n) is 3.81. The maximum Gasteiger partial charge on any atom is 0.275 e. The third kappa shape index (κ3) is 2.23. The molecule has 21 heavy (non-hydrogen) atoms. The fraction of sp³-hybridized carbons (Fsp3) is 0.600. The lowest BCUT2D eigenvalue weighted by Crippen LogP contribution is -2.44. The van der Waals surface area contributed by atoms with Gasteiger partial charge in [0.1, 0.15) is 5.75 Å². The van der Waals surface area contributed by atoms with Crippen molar-refractivity contribution in [1.82, 2.24) is 5.32 Å². The topological polar surface area (TPSA) is 67.6 Å². The zero-order valence-corrected chi connectivity index (χ0v) is 12.6. The number of hydrogen-bond donors (Lipinski definition) is 1. The Morgan fingerprint density at radius 2 is 2.14 bits per heavy atom. The van der Waals surface area contributed by atoms with E-state index < -0.39 is 0 Å². The summed E-state index contributed by atoms with van der Waals surface area (Å²) in [6.45, 7) is 7.40. The van der Waals surface area contributed by atoms with Crippen LogP contribution in [0.2, 0.25) is 0 Å². The summed E-state index contributed by atoms with van der Waals surface area (Å²) in [7, 11) is 1.54. The SMILES string of the molecule is COc1cc(N2CC3CNCC3C2(C)C)cc([N+](=O)[O-])c1. The molecule has 2 aliphatic heterocycles. The van der Waals surface area contributed by atoms with Gasteiger partial charge < -0.3 is 15.0 Å². The summed E-state index contributed by atoms with van der Waals surface area (Å²) < 4.78 is 5.22. The van der Waals surface area contributed by atoms with Crippen molar-refractivity contribution < 1.29 is 9.66 Å². The van der Waals surface area contributed by atoms with Gasteiger partial charge in [-0.15, -0.1) is 0 Å². The molecule has 0 spiro atoms. The number of benzene rings is 1. The van der Waals surface area contributed by atoms with Crippen molar-refractivity contribution in [2.24, 2.45) is 11.8 Å². The molecule has 2 aliphatic rings. The lowest BCUT2D eigenvalue weighted by Gasteiger charge is -2.37. The summed E-state index contributed by atoms with van der Waals surface area (Å²) in [6, 6.07) is 5.01. The average Bonchev–Trinajstić information content (AvgIpc) is 3.00. The van der Waals surface area contributed by atoms with Gasteiger partial charge in [-0.3, -0.25) is 10.1 Å². The van der Waals surface area contributed by atoms with Crippen LogP contribution in [0.3, 0.4) is 0 Å². The molecule has 1 aromatic rings. The number of nitrogens with zero attached hydrogens (tertiary/aromatic N) is 2. The van der Waals surface area contributed by atoms with Crippen molar-refractivity contribution in [3.8, 4) is 5.75 Å². The van der Waals surface area contributed by atoms with Crippen LogP contribution in [-0.4, -0.2) is 37.2 Å². The molecule has 0 aliphatic carbocycles. The predicted octanol–water partition coefficient (Wildman–Crippen LogP) is 2.04. The minimum atomic E-state index is -0.364. The van der Waals surface area contributed by atoms with Crippen LogP contribution in [0.15, 0.2) is 18.2 Å². The number of rotatable bonds is 3. The van der Waals surface area contributed by atoms with Crippen LogP contribution in [0.1, 0.15) is 13.8 Å². The molecule has 2 fully saturated rings. The number of nitrogens with one attached hydrogen (secondary N) is 1. The molecule has 0 aromatic heterocycles. The molecule has 0 saturated carbocycles. The number of fused-ring (bicyclic) bond motifs is 1. The number of nitro benzene ring substituents is 1. The number of non-ortho nitro benzene ring substituents is 1. The molecule has 1 aromatic carbocycles. The summed E-state index contributed by atoms with van der Waals surface area (Å²) in [5.74, 6) is 1.71. The zero-order valence-electron chi connectivity index (χ0n) is 12.6. The van der Waals surface area contributed by atoms with Gasteiger partial charge in [0.2, 0.25) is 0 Å². The molecule has 1 N–H and O–H groups in total. The van der Waals surface area contributed by atoms with Gasteiger partial charge in [0, 0.05) is 43.0 Å². The zero-order chi connectivity index (χ0) is 15.2. The predicted molar refractivity (Wildman–Crippen MR) is 80.9 cm³/mol. The van der Waals surface area contributed by atoms with Gasteiger partial charge in [0.15, 0.2) is 0 Å². The molecule has 0 amide bonds. The van der Waals surface area contributed by atoms with E-state index in [0.29, 0.717) is 17.6 Å². The maximum absolute atomic E-state index is 11.1. The molecular formula is C15H21N3O3. The Labute approximate surface area is 124 Å². The van der Waals surface area contributed by atoms with Crippen molar-refractivity contribution in [1.29, 1.82) is 0 Å². The minimum Gasteiger partial charge on any atom is -0.496 e. The van der Waals surface area contributed by atoms with E-state index in [1.165, 1.54) is 13.2 Å². The van der Waals surface area contributed by atoms with Crippen LogP contribution in [0.25, 0.3) is 0 Å². The lowest BCUT2D eigenvalue weighted by atomic mass is 9.84. The minimum absolute atomic E-state index is 0.0194. The first-order valence-corrected chi connectivity index (χ1v) is 7.25. The molecule has 2 saturated heterocycles. The summed E-state index contributed by atoms with van der Waals surface area (Å²) in [6.07, 6.45) is 0. The van der Waals surface area contributed by atoms with Crippen molar-refractivity contribution in [3.63, 3.8) is 0 Å². The summed E-state index contributed by atoms with van der Waals surface area (Å²) >= 11 is 0. The highest BCUT2D eigenvalue weighted by molar-refractivity contribution is 5.60. The third-order valence-corrected chi connectivity index (χ3v) is 4.99. The van der Waals surface area contributed by atoms with Gasteiger partial charge >= 0.3 is 0 Å². The average molecular weight is 291 g/mol. The largest absolute Gasteiger partial charge is 0.496 e. The van der Waals surface area contributed by atoms with E-state index in [9.17, 15) is 10.1 Å². The first kappa shape index (κ1) is 14.1. The van der Waals surface area contributed by atoms with Crippen molar-refractivity contribution in [2.75, 3.05) is 31.6 Å². The normalized spacial score (nSPS) is 26.7. The molecule has 114 valence electrons. The van der Waals surface area contributed by atoms with E-state index >= 15 is 0 Å². The first-order chi connectivity index (χ1) is 9.93. The second kappa shape index (κ2) is 4.87. The van der Waals surface area contributed by atoms with E-state index in [-0.39, 0.29) is 16.1 Å². The number of anilines is 1. The Morgan fingerprint density at radius 1 is 1.38 bits per heavy atom. The Morgan fingerprint density at radius 3 is 2.76 bits per heavy atom. The monoisotopic (exact) mass is 291 g/mol. The standard InChI is InChI=1S/C15H21N3O3/c1-15(2)14-8-16-7-10(14)9-17(15)11-4-12(18(19)20)6-13(5-11)21-3/h4-6,10,14,16H,7-9H2,1-3H3. The van der Waals surface area contributed by atoms with Gasteiger partial charge in [-0.25, -0.2) is 0 Å². The van der Waals surface area contributed by atoms with Crippen LogP contribution < -0.4 is 15.0 Å². The van der Waals surface area contributed by atoms with Gasteiger partial charge in [0.05, 0.1) is 18.1 Å². The molecule has 2 atom stereocenters. The lowest BCUT2D eigenvalue weighted by molar-refractivity contribution is -0.384. The van der Waals surface area contributed by atoms with E-state index in [4.69, 9.17) is 4.74 Å². The summed E-state index contributed by atoms with van der Waals surface area (Å²) in [5, 5.41) is 14.6. The van der Waals surface area contributed by atoms with Gasteiger partial charge in [0.25, 0.3) is 5.69 Å². The highest BCUT2D eigenvalue weighted by Crippen LogP contribution is 2.44. The molecule has 3 rings (SSSR count). The highest BCUT2D eigenvalue weighted by Gasteiger charge is 2.49. The summed E-state index contributed by atoms with van der Waals surface area (Å²) in [5.41, 5.74) is 0.935. The second-order valence-electron chi connectivity index (χ2n) is 6.44. The molecule has 0 radical (unpaired) electrons. The Kier molecular flexibility index (Phi) is 3.28. The Balaban J connectivity index is 2.00. The van der Waals surface area contributed by atoms with E-state index in [2.05, 4.69) is 24.1 Å². The molecule has 0 bridgehead atoms. The first-order valence-electron chi connectivity index (χ1n) is 7.25. The number of nitro groups is 1. The summed E-state index contributed by atoms with van der Waals surface area (Å²) in [4.78, 5) is 13.0. The van der Waals surface area contributed by atoms with Crippen LogP contribution in [0, 0.1) is 22.0 Å². The molecule has 6 heteroatoms. The van der Waals surface area contributed by atoms with Gasteiger partial charge in [-0.1, -0.05) is 0 Å². The van der Waals surface area contributed by atoms with Gasteiger partial charge in [-0.05, 0) is 25.7 Å². The van der Waals surface area contributed by atoms with Crippen LogP contribution >= 0.6 is 0 Å². The number of methoxy groups -OCH3 is 1. The maximum atomic E-state index is 11.1. The third-order valence-electron chi connectivity index (χ3n) is 4.99. The van der Waals surface area contributed by atoms with E-state index in [1.807, 2.05) is 6.07 Å². The second-order valence-corrected chi connectivity index (χ2v) is 6.44. The van der Waals surface area contributed by atoms with Crippen LogP contribution in [0.5, 0.6) is 5.75 Å². The molecule has 2 heterocycles. The van der Waals surface area contributed by atoms with E-state index in [1.54, 1.807) is 6.07 Å². The van der Waals surface area contributed by atoms with Crippen molar-refractivity contribution in [2.45, 2.75) is 19.4 Å². The molecule has 6 nitrogen and oxygen atoms in total. The quantitative estimate of drug-likeness (QED) is 0.682. The molecular weight excluding hydrogens is 270 g/mol. The highest BCUT2D eigenvalue weighted by atomic mass is 16.6.